The van der Waals surface area contributed by atoms with Gasteiger partial charge in [-0.15, -0.1) is 0 Å². The molecular weight excluding hydrogens is 154 g/mol. The van der Waals surface area contributed by atoms with E-state index in [1.54, 1.807) is 0 Å². The highest BCUT2D eigenvalue weighted by Gasteiger charge is 2.05. The Bertz CT molecular complexity index is 334. The molecule has 0 radical (unpaired) electrons. The molecule has 12 heavy (non-hydrogen) atoms. The van der Waals surface area contributed by atoms with Crippen molar-refractivity contribution in [2.75, 3.05) is 0 Å². The molecule has 0 bridgehead atoms. The first-order chi connectivity index (χ1) is 5.74. The van der Waals surface area contributed by atoms with Crippen molar-refractivity contribution in [3.63, 3.8) is 0 Å². The smallest absolute Gasteiger partial charge is 0.323 e. The molecule has 0 atom stereocenters. The zero-order valence-electron chi connectivity index (χ0n) is 6.77. The van der Waals surface area contributed by atoms with Crippen LogP contribution in [0.3, 0.4) is 0 Å². The van der Waals surface area contributed by atoms with Gasteiger partial charge in [-0.3, -0.25) is 4.79 Å². The van der Waals surface area contributed by atoms with Crippen LogP contribution in [0.2, 0.25) is 0 Å². The lowest BCUT2D eigenvalue weighted by molar-refractivity contribution is -0.115. The summed E-state index contributed by atoms with van der Waals surface area (Å²) in [6.07, 6.45) is 3.04. The Kier molecular flexibility index (Phi) is 2.56. The lowest BCUT2D eigenvalue weighted by atomic mass is 10.2. The average molecular weight is 163 g/mol. The molecule has 4 nitrogen and oxygen atoms in total. The van der Waals surface area contributed by atoms with Crippen molar-refractivity contribution in [2.24, 2.45) is 7.05 Å². The van der Waals surface area contributed by atoms with E-state index in [2.05, 4.69) is 4.79 Å². The molecule has 0 saturated carbocycles. The van der Waals surface area contributed by atoms with Gasteiger partial charge >= 0.3 is 6.21 Å². The number of carbonyl (C=O) groups is 1. The zero-order valence-corrected chi connectivity index (χ0v) is 6.77. The third-order valence-corrected chi connectivity index (χ3v) is 1.61. The number of aromatic nitrogens is 1. The van der Waals surface area contributed by atoms with Crippen molar-refractivity contribution in [1.29, 1.82) is 0 Å². The Morgan fingerprint density at radius 3 is 3.08 bits per heavy atom. The van der Waals surface area contributed by atoms with Crippen LogP contribution < -0.4 is 0 Å². The van der Waals surface area contributed by atoms with Crippen molar-refractivity contribution in [3.8, 4) is 0 Å². The first-order valence-electron chi connectivity index (χ1n) is 3.54. The van der Waals surface area contributed by atoms with E-state index in [1.165, 1.54) is 0 Å². The van der Waals surface area contributed by atoms with E-state index in [4.69, 9.17) is 5.53 Å². The Morgan fingerprint density at radius 1 is 1.83 bits per heavy atom. The van der Waals surface area contributed by atoms with Crippen LogP contribution in [0.1, 0.15) is 5.69 Å². The van der Waals surface area contributed by atoms with Crippen LogP contribution in [0, 0.1) is 0 Å². The van der Waals surface area contributed by atoms with Crippen LogP contribution >= 0.6 is 0 Å². The maximum Gasteiger partial charge on any atom is 0.323 e. The second kappa shape index (κ2) is 3.64. The predicted octanol–water partition coefficient (Wildman–Crippen LogP) is 0.437. The van der Waals surface area contributed by atoms with Gasteiger partial charge in [-0.25, -0.2) is 0 Å². The lowest BCUT2D eigenvalue weighted by Crippen LogP contribution is -2.07. The molecule has 1 aromatic rings. The van der Waals surface area contributed by atoms with Crippen LogP contribution in [-0.4, -0.2) is 21.4 Å². The summed E-state index contributed by atoms with van der Waals surface area (Å²) in [6.45, 7) is 0. The molecule has 0 unspecified atom stereocenters. The van der Waals surface area contributed by atoms with Crippen LogP contribution in [0.25, 0.3) is 5.53 Å². The molecule has 62 valence electrons. The average Bonchev–Trinajstić information content (AvgIpc) is 2.37. The van der Waals surface area contributed by atoms with E-state index < -0.39 is 0 Å². The van der Waals surface area contributed by atoms with Crippen molar-refractivity contribution in [2.45, 2.75) is 6.42 Å². The van der Waals surface area contributed by atoms with E-state index >= 15 is 0 Å². The Hall–Kier alpha value is -1.67. The SMILES string of the molecule is Cn1cccc1CC(=O)C=[N+]=[N-]. The van der Waals surface area contributed by atoms with E-state index in [0.717, 1.165) is 11.9 Å². The highest BCUT2D eigenvalue weighted by Crippen LogP contribution is 1.99. The van der Waals surface area contributed by atoms with Crippen LogP contribution in [0.5, 0.6) is 0 Å². The number of rotatable bonds is 3. The third kappa shape index (κ3) is 1.90. The van der Waals surface area contributed by atoms with Crippen LogP contribution in [-0.2, 0) is 18.3 Å². The molecular formula is C8H9N3O. The lowest BCUT2D eigenvalue weighted by Gasteiger charge is -1.96. The minimum Gasteiger partial charge on any atom is -0.361 e. The molecule has 0 fully saturated rings. The van der Waals surface area contributed by atoms with Gasteiger partial charge in [-0.2, -0.15) is 4.79 Å². The topological polar surface area (TPSA) is 58.4 Å². The molecule has 0 saturated heterocycles. The third-order valence-electron chi connectivity index (χ3n) is 1.61. The fraction of sp³-hybridized carbons (Fsp3) is 0.250. The second-order valence-corrected chi connectivity index (χ2v) is 2.50. The van der Waals surface area contributed by atoms with Gasteiger partial charge < -0.3 is 10.1 Å². The number of aryl methyl sites for hydroxylation is 1. The maximum absolute atomic E-state index is 10.9. The molecule has 0 spiro atoms. The summed E-state index contributed by atoms with van der Waals surface area (Å²) in [5, 5.41) is 0. The maximum atomic E-state index is 10.9. The molecule has 1 rings (SSSR count). The summed E-state index contributed by atoms with van der Waals surface area (Å²) >= 11 is 0. The Balaban J connectivity index is 2.70. The number of carbonyl (C=O) groups excluding carboxylic acids is 1. The van der Waals surface area contributed by atoms with Gasteiger partial charge in [0, 0.05) is 18.9 Å². The van der Waals surface area contributed by atoms with E-state index in [-0.39, 0.29) is 12.2 Å². The standard InChI is InChI=1S/C8H9N3O/c1-11-4-2-3-7(11)5-8(12)6-10-9/h2-4,6H,5H2,1H3. The summed E-state index contributed by atoms with van der Waals surface area (Å²) in [6, 6.07) is 3.71. The van der Waals surface area contributed by atoms with Gasteiger partial charge in [0.1, 0.15) is 0 Å². The predicted molar refractivity (Wildman–Crippen MR) is 43.8 cm³/mol. The summed E-state index contributed by atoms with van der Waals surface area (Å²) < 4.78 is 1.85. The van der Waals surface area contributed by atoms with E-state index in [9.17, 15) is 4.79 Å². The van der Waals surface area contributed by atoms with Crippen LogP contribution in [0.15, 0.2) is 18.3 Å². The highest BCUT2D eigenvalue weighted by molar-refractivity contribution is 6.25. The molecule has 0 aliphatic heterocycles. The summed E-state index contributed by atoms with van der Waals surface area (Å²) in [7, 11) is 1.86. The first-order valence-corrected chi connectivity index (χ1v) is 3.54. The summed E-state index contributed by atoms with van der Waals surface area (Å²) in [5.41, 5.74) is 8.98. The van der Waals surface area contributed by atoms with Gasteiger partial charge in [0.05, 0.1) is 6.42 Å². The molecule has 0 aliphatic carbocycles. The Labute approximate surface area is 70.1 Å². The fourth-order valence-corrected chi connectivity index (χ4v) is 0.969. The van der Waals surface area contributed by atoms with Gasteiger partial charge in [0.2, 0.25) is 5.78 Å². The number of Topliss-reactive ketones (excluding diaryl/α,β-unsaturated/α-hetero) is 1. The minimum absolute atomic E-state index is 0.209. The second-order valence-electron chi connectivity index (χ2n) is 2.50. The van der Waals surface area contributed by atoms with E-state index in [0.29, 0.717) is 0 Å². The summed E-state index contributed by atoms with van der Waals surface area (Å²) in [5.74, 6) is -0.209. The van der Waals surface area contributed by atoms with Gasteiger partial charge in [-0.05, 0) is 12.1 Å². The molecule has 1 aromatic heterocycles. The van der Waals surface area contributed by atoms with E-state index in [1.807, 2.05) is 29.9 Å². The molecule has 0 aliphatic rings. The van der Waals surface area contributed by atoms with Crippen molar-refractivity contribution < 1.29 is 9.58 Å². The minimum atomic E-state index is -0.209. The molecule has 0 amide bonds. The molecule has 0 aromatic carbocycles. The number of hydrogen-bond acceptors (Lipinski definition) is 1. The van der Waals surface area contributed by atoms with Crippen LogP contribution in [0.4, 0.5) is 0 Å². The zero-order chi connectivity index (χ0) is 8.97. The first kappa shape index (κ1) is 8.43. The highest BCUT2D eigenvalue weighted by atomic mass is 16.1. The monoisotopic (exact) mass is 163 g/mol. The quantitative estimate of drug-likeness (QED) is 0.362. The van der Waals surface area contributed by atoms with Gasteiger partial charge in [-0.1, -0.05) is 0 Å². The normalized spacial score (nSPS) is 9.08. The van der Waals surface area contributed by atoms with Gasteiger partial charge in [0.25, 0.3) is 0 Å². The van der Waals surface area contributed by atoms with Crippen molar-refractivity contribution in [1.82, 2.24) is 4.57 Å². The van der Waals surface area contributed by atoms with Crippen molar-refractivity contribution >= 4 is 12.0 Å². The number of ketones is 1. The largest absolute Gasteiger partial charge is 0.361 e. The number of hydrogen-bond donors (Lipinski definition) is 0. The molecule has 1 heterocycles. The molecule has 4 heteroatoms. The number of nitrogens with zero attached hydrogens (tertiary/aromatic N) is 3. The molecule has 0 N–H and O–H groups in total. The van der Waals surface area contributed by atoms with Gasteiger partial charge in [0.15, 0.2) is 0 Å². The summed E-state index contributed by atoms with van der Waals surface area (Å²) in [4.78, 5) is 13.6. The van der Waals surface area contributed by atoms with Crippen molar-refractivity contribution in [3.05, 3.63) is 29.6 Å². The fourth-order valence-electron chi connectivity index (χ4n) is 0.969. The Morgan fingerprint density at radius 2 is 2.58 bits per heavy atom.